The van der Waals surface area contributed by atoms with E-state index in [0.717, 1.165) is 11.3 Å². The summed E-state index contributed by atoms with van der Waals surface area (Å²) in [7, 11) is -1.96. The lowest BCUT2D eigenvalue weighted by atomic mass is 10.3. The predicted molar refractivity (Wildman–Crippen MR) is 73.7 cm³/mol. The molecule has 0 aliphatic heterocycles. The summed E-state index contributed by atoms with van der Waals surface area (Å²) in [6.45, 7) is 0.337. The van der Waals surface area contributed by atoms with Gasteiger partial charge >= 0.3 is 0 Å². The topological polar surface area (TPSA) is 55.4 Å². The third kappa shape index (κ3) is 4.84. The third-order valence-corrected chi connectivity index (χ3v) is 5.66. The summed E-state index contributed by atoms with van der Waals surface area (Å²) >= 11 is 10.0. The van der Waals surface area contributed by atoms with Gasteiger partial charge in [0, 0.05) is 18.5 Å². The van der Waals surface area contributed by atoms with E-state index in [9.17, 15) is 8.42 Å². The number of alkyl halides is 1. The van der Waals surface area contributed by atoms with Gasteiger partial charge in [-0.3, -0.25) is 0 Å². The average molecular weight is 363 g/mol. The van der Waals surface area contributed by atoms with Gasteiger partial charge in [-0.15, -0.1) is 11.3 Å². The van der Waals surface area contributed by atoms with E-state index in [1.807, 2.05) is 0 Å². The Balaban J connectivity index is 2.77. The number of halogens is 2. The SMILES string of the molecule is COCC(CCBr)NS(=O)(=O)c1ccc(Cl)s1. The lowest BCUT2D eigenvalue weighted by molar-refractivity contribution is 0.173. The molecule has 0 aliphatic carbocycles. The lowest BCUT2D eigenvalue weighted by Crippen LogP contribution is -2.37. The van der Waals surface area contributed by atoms with Gasteiger partial charge in [-0.25, -0.2) is 13.1 Å². The van der Waals surface area contributed by atoms with Gasteiger partial charge in [0.05, 0.1) is 10.9 Å². The van der Waals surface area contributed by atoms with Gasteiger partial charge in [-0.2, -0.15) is 0 Å². The van der Waals surface area contributed by atoms with E-state index in [1.165, 1.54) is 13.2 Å². The first-order valence-electron chi connectivity index (χ1n) is 4.82. The number of sulfonamides is 1. The molecule has 0 saturated carbocycles. The van der Waals surface area contributed by atoms with Crippen molar-refractivity contribution in [2.24, 2.45) is 0 Å². The van der Waals surface area contributed by atoms with Crippen LogP contribution in [-0.4, -0.2) is 33.5 Å². The van der Waals surface area contributed by atoms with Crippen LogP contribution in [-0.2, 0) is 14.8 Å². The van der Waals surface area contributed by atoms with E-state index in [-0.39, 0.29) is 10.3 Å². The standard InChI is InChI=1S/C9H13BrClNO3S2/c1-15-6-7(4-5-10)12-17(13,14)9-3-2-8(11)16-9/h2-3,7,12H,4-6H2,1H3. The zero-order valence-electron chi connectivity index (χ0n) is 9.15. The fourth-order valence-electron chi connectivity index (χ4n) is 1.23. The quantitative estimate of drug-likeness (QED) is 0.758. The fourth-order valence-corrected chi connectivity index (χ4v) is 4.54. The molecule has 17 heavy (non-hydrogen) atoms. The van der Waals surface area contributed by atoms with E-state index in [1.54, 1.807) is 6.07 Å². The summed E-state index contributed by atoms with van der Waals surface area (Å²) in [5.41, 5.74) is 0. The van der Waals surface area contributed by atoms with Crippen molar-refractivity contribution in [3.63, 3.8) is 0 Å². The number of hydrogen-bond acceptors (Lipinski definition) is 4. The van der Waals surface area contributed by atoms with Gasteiger partial charge in [0.1, 0.15) is 4.21 Å². The molecule has 0 spiro atoms. The van der Waals surface area contributed by atoms with Gasteiger partial charge in [0.2, 0.25) is 10.0 Å². The van der Waals surface area contributed by atoms with E-state index in [0.29, 0.717) is 22.7 Å². The molecule has 1 atom stereocenters. The zero-order valence-corrected chi connectivity index (χ0v) is 13.1. The highest BCUT2D eigenvalue weighted by Crippen LogP contribution is 2.25. The molecule has 1 aromatic rings. The van der Waals surface area contributed by atoms with Gasteiger partial charge in [-0.05, 0) is 18.6 Å². The Morgan fingerprint density at radius 1 is 1.59 bits per heavy atom. The Labute approximate surface area is 118 Å². The molecule has 0 radical (unpaired) electrons. The third-order valence-electron chi connectivity index (χ3n) is 1.96. The van der Waals surface area contributed by atoms with Crippen LogP contribution in [0.25, 0.3) is 0 Å². The van der Waals surface area contributed by atoms with E-state index in [4.69, 9.17) is 16.3 Å². The molecular formula is C9H13BrClNO3S2. The predicted octanol–water partition coefficient (Wildman–Crippen LogP) is 2.48. The molecule has 0 bridgehead atoms. The van der Waals surface area contributed by atoms with Crippen molar-refractivity contribution in [1.29, 1.82) is 0 Å². The average Bonchev–Trinajstić information content (AvgIpc) is 2.66. The molecule has 4 nitrogen and oxygen atoms in total. The minimum atomic E-state index is -3.50. The Hall–Kier alpha value is 0.340. The van der Waals surface area contributed by atoms with Gasteiger partial charge in [0.15, 0.2) is 0 Å². The Morgan fingerprint density at radius 2 is 2.29 bits per heavy atom. The van der Waals surface area contributed by atoms with Crippen LogP contribution >= 0.6 is 38.9 Å². The molecule has 1 unspecified atom stereocenters. The van der Waals surface area contributed by atoms with Crippen molar-refractivity contribution < 1.29 is 13.2 Å². The highest BCUT2D eigenvalue weighted by atomic mass is 79.9. The Bertz CT molecular complexity index is 443. The van der Waals surface area contributed by atoms with Crippen LogP contribution in [0.4, 0.5) is 0 Å². The van der Waals surface area contributed by atoms with Crippen LogP contribution in [0, 0.1) is 0 Å². The molecule has 0 aromatic carbocycles. The molecule has 8 heteroatoms. The minimum Gasteiger partial charge on any atom is -0.383 e. The van der Waals surface area contributed by atoms with E-state index < -0.39 is 10.0 Å². The summed E-state index contributed by atoms with van der Waals surface area (Å²) < 4.78 is 32.2. The highest BCUT2D eigenvalue weighted by Gasteiger charge is 2.21. The molecule has 0 aliphatic rings. The van der Waals surface area contributed by atoms with Crippen LogP contribution in [0.5, 0.6) is 0 Å². The molecule has 1 aromatic heterocycles. The lowest BCUT2D eigenvalue weighted by Gasteiger charge is -2.16. The van der Waals surface area contributed by atoms with Gasteiger partial charge in [0.25, 0.3) is 0 Å². The molecule has 0 fully saturated rings. The van der Waals surface area contributed by atoms with Gasteiger partial charge < -0.3 is 4.74 Å². The molecule has 0 amide bonds. The summed E-state index contributed by atoms with van der Waals surface area (Å²) in [5.74, 6) is 0. The first kappa shape index (κ1) is 15.4. The first-order valence-corrected chi connectivity index (χ1v) is 8.62. The maximum Gasteiger partial charge on any atom is 0.250 e. The molecule has 0 saturated heterocycles. The van der Waals surface area contributed by atoms with Crippen LogP contribution in [0.3, 0.4) is 0 Å². The van der Waals surface area contributed by atoms with Crippen molar-refractivity contribution in [1.82, 2.24) is 4.72 Å². The molecule has 1 N–H and O–H groups in total. The largest absolute Gasteiger partial charge is 0.383 e. The fraction of sp³-hybridized carbons (Fsp3) is 0.556. The maximum absolute atomic E-state index is 12.0. The number of methoxy groups -OCH3 is 1. The molecular weight excluding hydrogens is 350 g/mol. The summed E-state index contributed by atoms with van der Waals surface area (Å²) in [6, 6.07) is 2.81. The van der Waals surface area contributed by atoms with Gasteiger partial charge in [-0.1, -0.05) is 27.5 Å². The van der Waals surface area contributed by atoms with Crippen LogP contribution in [0.1, 0.15) is 6.42 Å². The summed E-state index contributed by atoms with van der Waals surface area (Å²) in [4.78, 5) is 0. The number of ether oxygens (including phenoxy) is 1. The normalized spacial score (nSPS) is 13.8. The van der Waals surface area contributed by atoms with Crippen molar-refractivity contribution in [2.45, 2.75) is 16.7 Å². The Morgan fingerprint density at radius 3 is 2.76 bits per heavy atom. The highest BCUT2D eigenvalue weighted by molar-refractivity contribution is 9.09. The first-order chi connectivity index (χ1) is 7.99. The smallest absolute Gasteiger partial charge is 0.250 e. The number of hydrogen-bond donors (Lipinski definition) is 1. The van der Waals surface area contributed by atoms with Crippen molar-refractivity contribution in [2.75, 3.05) is 19.0 Å². The number of nitrogens with one attached hydrogen (secondary N) is 1. The van der Waals surface area contributed by atoms with Crippen LogP contribution in [0.15, 0.2) is 16.3 Å². The van der Waals surface area contributed by atoms with E-state index >= 15 is 0 Å². The monoisotopic (exact) mass is 361 g/mol. The number of rotatable bonds is 7. The second-order valence-corrected chi connectivity index (χ2v) is 7.76. The minimum absolute atomic E-state index is 0.221. The second-order valence-electron chi connectivity index (χ2n) is 3.31. The van der Waals surface area contributed by atoms with Crippen molar-refractivity contribution in [3.8, 4) is 0 Å². The van der Waals surface area contributed by atoms with Crippen molar-refractivity contribution in [3.05, 3.63) is 16.5 Å². The Kier molecular flexibility index (Phi) is 6.39. The maximum atomic E-state index is 12.0. The molecule has 1 rings (SSSR count). The second kappa shape index (κ2) is 7.06. The molecule has 1 heterocycles. The summed E-state index contributed by atoms with van der Waals surface area (Å²) in [6.07, 6.45) is 0.659. The zero-order chi connectivity index (χ0) is 12.9. The van der Waals surface area contributed by atoms with Crippen LogP contribution in [0.2, 0.25) is 4.34 Å². The molecule has 98 valence electrons. The summed E-state index contributed by atoms with van der Waals surface area (Å²) in [5, 5.41) is 0.703. The van der Waals surface area contributed by atoms with Crippen LogP contribution < -0.4 is 4.72 Å². The van der Waals surface area contributed by atoms with Crippen molar-refractivity contribution >= 4 is 48.9 Å². The number of thiophene rings is 1. The van der Waals surface area contributed by atoms with E-state index in [2.05, 4.69) is 20.7 Å².